The Morgan fingerprint density at radius 3 is 1.50 bits per heavy atom. The standard InChI is InChI=1S/C23H26N6O4.C16H17ClN4O3.C7H10N2O.CH4/c1-13-17(32-4)8-9-19(24-13)26-20-11-16(21-22(27-20)28-29(2)23(21)30)25-15-7-6-14(12-31-3)10-18(15)33-5;1-21-16(22)14-11(7-13(17)19-15(14)20-21)18-10-5-4-9(8-23-2)6-12(10)24-3;1-5-6(10-2)3-4-7(8)9-5;/h6-11H,12H2,1-5H3,(H3,24,25,26,27,28);4-7H,8H2,1-3H3,(H2,18,19,20);3-4H,1-2H3,(H2,8,9);1H4. The molecule has 0 atom stereocenters. The molecule has 7 N–H and O–H groups in total. The molecule has 360 valence electrons. The molecule has 8 aromatic rings. The fourth-order valence-corrected chi connectivity index (χ4v) is 7.09. The third-order valence-electron chi connectivity index (χ3n) is 10.1. The molecule has 0 fully saturated rings. The van der Waals surface area contributed by atoms with Gasteiger partial charge in [0.05, 0.1) is 75.8 Å². The van der Waals surface area contributed by atoms with Crippen molar-refractivity contribution in [2.45, 2.75) is 34.5 Å². The van der Waals surface area contributed by atoms with Gasteiger partial charge >= 0.3 is 0 Å². The number of aromatic amines is 2. The lowest BCUT2D eigenvalue weighted by Crippen LogP contribution is -2.12. The van der Waals surface area contributed by atoms with Crippen molar-refractivity contribution in [2.24, 2.45) is 14.1 Å². The number of benzene rings is 2. The van der Waals surface area contributed by atoms with Crippen molar-refractivity contribution >= 4 is 73.9 Å². The number of anilines is 7. The highest BCUT2D eigenvalue weighted by Gasteiger charge is 2.17. The molecular weight excluding hydrogens is 896 g/mol. The zero-order valence-electron chi connectivity index (χ0n) is 38.7. The SMILES string of the molecule is C.COCc1ccc(Nc2cc(Cl)nc3[nH]n(C)c(=O)c23)c(OC)c1.COCc1ccc(Nc2cc(Nc3ccc(OC)c(C)n3)nc3[nH]n(C)c(=O)c23)c(OC)c1.COc1ccc(N)nc1C. The van der Waals surface area contributed by atoms with Crippen molar-refractivity contribution in [3.05, 3.63) is 121 Å². The lowest BCUT2D eigenvalue weighted by molar-refractivity contribution is 0.184. The van der Waals surface area contributed by atoms with E-state index in [0.717, 1.165) is 28.3 Å². The molecule has 0 unspecified atom stereocenters. The van der Waals surface area contributed by atoms with Gasteiger partial charge in [0.1, 0.15) is 56.4 Å². The number of aromatic nitrogens is 8. The van der Waals surface area contributed by atoms with E-state index >= 15 is 0 Å². The molecule has 68 heavy (non-hydrogen) atoms. The van der Waals surface area contributed by atoms with Crippen LogP contribution in [0.25, 0.3) is 22.1 Å². The number of pyridine rings is 4. The summed E-state index contributed by atoms with van der Waals surface area (Å²) < 4.78 is 34.3. The number of nitrogen functional groups attached to an aromatic ring is 1. The quantitative estimate of drug-likeness (QED) is 0.0565. The first kappa shape index (κ1) is 51.2. The third kappa shape index (κ3) is 12.0. The first-order valence-electron chi connectivity index (χ1n) is 20.5. The van der Waals surface area contributed by atoms with Crippen LogP contribution in [0.3, 0.4) is 0 Å². The molecule has 21 heteroatoms. The first-order chi connectivity index (χ1) is 32.2. The predicted octanol–water partition coefficient (Wildman–Crippen LogP) is 8.05. The monoisotopic (exact) mass is 952 g/mol. The number of methoxy groups -OCH3 is 6. The van der Waals surface area contributed by atoms with Gasteiger partial charge in [-0.1, -0.05) is 31.2 Å². The van der Waals surface area contributed by atoms with E-state index in [4.69, 9.17) is 45.8 Å². The van der Waals surface area contributed by atoms with Gasteiger partial charge in [0.25, 0.3) is 11.1 Å². The van der Waals surface area contributed by atoms with E-state index in [0.29, 0.717) is 92.7 Å². The van der Waals surface area contributed by atoms with E-state index in [9.17, 15) is 9.59 Å². The van der Waals surface area contributed by atoms with E-state index in [2.05, 4.69) is 46.1 Å². The van der Waals surface area contributed by atoms with E-state index in [1.807, 2.05) is 56.3 Å². The molecule has 0 aliphatic rings. The van der Waals surface area contributed by atoms with Crippen LogP contribution in [0.1, 0.15) is 29.9 Å². The molecule has 0 bridgehead atoms. The average molecular weight is 954 g/mol. The highest BCUT2D eigenvalue weighted by Crippen LogP contribution is 2.34. The summed E-state index contributed by atoms with van der Waals surface area (Å²) in [5.74, 6) is 4.38. The normalized spacial score (nSPS) is 10.6. The van der Waals surface area contributed by atoms with Gasteiger partial charge in [-0.2, -0.15) is 0 Å². The van der Waals surface area contributed by atoms with E-state index in [1.54, 1.807) is 87.1 Å². The molecule has 20 nitrogen and oxygen atoms in total. The van der Waals surface area contributed by atoms with Gasteiger partial charge in [0.15, 0.2) is 11.3 Å². The molecule has 0 aliphatic carbocycles. The second-order valence-electron chi connectivity index (χ2n) is 14.8. The zero-order valence-corrected chi connectivity index (χ0v) is 39.5. The molecule has 0 radical (unpaired) electrons. The Morgan fingerprint density at radius 1 is 0.559 bits per heavy atom. The number of aryl methyl sites for hydroxylation is 4. The minimum Gasteiger partial charge on any atom is -0.495 e. The minimum atomic E-state index is -0.195. The van der Waals surface area contributed by atoms with Gasteiger partial charge in [-0.15, -0.1) is 0 Å². The summed E-state index contributed by atoms with van der Waals surface area (Å²) in [6, 6.07) is 21.9. The van der Waals surface area contributed by atoms with Crippen molar-refractivity contribution in [2.75, 3.05) is 64.3 Å². The van der Waals surface area contributed by atoms with Crippen LogP contribution < -0.4 is 51.8 Å². The molecule has 0 aliphatic heterocycles. The first-order valence-corrected chi connectivity index (χ1v) is 20.8. The molecular formula is C47H57ClN12O8. The Kier molecular flexibility index (Phi) is 17.4. The van der Waals surface area contributed by atoms with Crippen LogP contribution in [0, 0.1) is 13.8 Å². The molecule has 0 amide bonds. The summed E-state index contributed by atoms with van der Waals surface area (Å²) in [5.41, 5.74) is 12.0. The maximum atomic E-state index is 12.8. The summed E-state index contributed by atoms with van der Waals surface area (Å²) >= 11 is 6.06. The summed E-state index contributed by atoms with van der Waals surface area (Å²) in [6.07, 6.45) is 0. The molecule has 0 saturated carbocycles. The second-order valence-corrected chi connectivity index (χ2v) is 15.2. The summed E-state index contributed by atoms with van der Waals surface area (Å²) in [6.45, 7) is 4.67. The highest BCUT2D eigenvalue weighted by atomic mass is 35.5. The summed E-state index contributed by atoms with van der Waals surface area (Å²) in [5, 5.41) is 16.7. The van der Waals surface area contributed by atoms with Crippen molar-refractivity contribution in [1.29, 1.82) is 0 Å². The maximum absolute atomic E-state index is 12.8. The largest absolute Gasteiger partial charge is 0.495 e. The van der Waals surface area contributed by atoms with E-state index < -0.39 is 0 Å². The van der Waals surface area contributed by atoms with Crippen LogP contribution in [0.4, 0.5) is 40.2 Å². The minimum absolute atomic E-state index is 0. The lowest BCUT2D eigenvalue weighted by Gasteiger charge is -2.14. The van der Waals surface area contributed by atoms with Crippen molar-refractivity contribution in [3.63, 3.8) is 0 Å². The highest BCUT2D eigenvalue weighted by molar-refractivity contribution is 6.30. The molecule has 8 rings (SSSR count). The van der Waals surface area contributed by atoms with Crippen molar-refractivity contribution in [1.82, 2.24) is 39.5 Å². The zero-order chi connectivity index (χ0) is 48.4. The van der Waals surface area contributed by atoms with Crippen LogP contribution >= 0.6 is 11.6 Å². The van der Waals surface area contributed by atoms with E-state index in [-0.39, 0.29) is 23.7 Å². The Hall–Kier alpha value is -7.81. The van der Waals surface area contributed by atoms with Crippen LogP contribution in [-0.4, -0.2) is 82.2 Å². The predicted molar refractivity (Wildman–Crippen MR) is 267 cm³/mol. The van der Waals surface area contributed by atoms with Gasteiger partial charge in [-0.05, 0) is 79.6 Å². The van der Waals surface area contributed by atoms with Crippen LogP contribution in [-0.2, 0) is 36.8 Å². The number of nitrogens with zero attached hydrogens (tertiary/aromatic N) is 6. The maximum Gasteiger partial charge on any atom is 0.277 e. The number of hydrogen-bond donors (Lipinski definition) is 6. The number of nitrogens with two attached hydrogens (primary N) is 1. The third-order valence-corrected chi connectivity index (χ3v) is 10.3. The van der Waals surface area contributed by atoms with Gasteiger partial charge in [0.2, 0.25) is 0 Å². The molecule has 6 aromatic heterocycles. The Balaban J connectivity index is 0.000000215. The van der Waals surface area contributed by atoms with E-state index in [1.165, 1.54) is 9.36 Å². The molecule has 0 spiro atoms. The van der Waals surface area contributed by atoms with Gasteiger partial charge in [-0.3, -0.25) is 29.2 Å². The number of H-pyrrole nitrogens is 2. The smallest absolute Gasteiger partial charge is 0.277 e. The summed E-state index contributed by atoms with van der Waals surface area (Å²) in [7, 11) is 12.9. The number of ether oxygens (including phenoxy) is 6. The average Bonchev–Trinajstić information content (AvgIpc) is 3.76. The van der Waals surface area contributed by atoms with Gasteiger partial charge in [-0.25, -0.2) is 19.9 Å². The van der Waals surface area contributed by atoms with Crippen LogP contribution in [0.15, 0.2) is 82.4 Å². The van der Waals surface area contributed by atoms with Crippen LogP contribution in [0.5, 0.6) is 23.0 Å². The molecule has 2 aromatic carbocycles. The van der Waals surface area contributed by atoms with Gasteiger partial charge in [0, 0.05) is 34.4 Å². The van der Waals surface area contributed by atoms with Crippen molar-refractivity contribution in [3.8, 4) is 23.0 Å². The molecule has 6 heterocycles. The number of halogens is 1. The fourth-order valence-electron chi connectivity index (χ4n) is 6.90. The molecule has 0 saturated heterocycles. The number of hydrogen-bond acceptors (Lipinski definition) is 16. The van der Waals surface area contributed by atoms with Crippen molar-refractivity contribution < 1.29 is 28.4 Å². The van der Waals surface area contributed by atoms with Gasteiger partial charge < -0.3 is 50.1 Å². The lowest BCUT2D eigenvalue weighted by atomic mass is 10.2. The number of rotatable bonds is 14. The topological polar surface area (TPSA) is 245 Å². The Morgan fingerprint density at radius 2 is 1.03 bits per heavy atom. The summed E-state index contributed by atoms with van der Waals surface area (Å²) in [4.78, 5) is 42.3. The van der Waals surface area contributed by atoms with Crippen LogP contribution in [0.2, 0.25) is 5.15 Å². The number of nitrogens with one attached hydrogen (secondary N) is 5. The Bertz CT molecular complexity index is 3130. The number of fused-ring (bicyclic) bond motifs is 2. The Labute approximate surface area is 397 Å². The fraction of sp³-hybridized carbons (Fsp3) is 0.277. The second kappa shape index (κ2) is 23.1.